The summed E-state index contributed by atoms with van der Waals surface area (Å²) in [6.45, 7) is 0. The van der Waals surface area contributed by atoms with Crippen LogP contribution >= 0.6 is 15.9 Å². The summed E-state index contributed by atoms with van der Waals surface area (Å²) < 4.78 is 11.9. The molecule has 2 aromatic carbocycles. The zero-order valence-electron chi connectivity index (χ0n) is 13.1. The van der Waals surface area contributed by atoms with Crippen LogP contribution in [-0.4, -0.2) is 23.2 Å². The summed E-state index contributed by atoms with van der Waals surface area (Å²) >= 11 is 3.36. The normalized spacial score (nSPS) is 11.1. The molecule has 0 amide bonds. The fourth-order valence-electron chi connectivity index (χ4n) is 2.77. The summed E-state index contributed by atoms with van der Waals surface area (Å²) in [4.78, 5) is 16.2. The molecule has 124 valence electrons. The Kier molecular flexibility index (Phi) is 3.69. The molecule has 0 spiro atoms. The van der Waals surface area contributed by atoms with Crippen molar-refractivity contribution in [2.45, 2.75) is 0 Å². The van der Waals surface area contributed by atoms with E-state index in [-0.39, 0.29) is 5.56 Å². The molecule has 0 fully saturated rings. The first-order valence-corrected chi connectivity index (χ1v) is 8.26. The first kappa shape index (κ1) is 15.7. The standard InChI is InChI=1S/C19H12BrNO4/c1-24-12-4-2-10-6-18(25-17(10)8-12)16-9-14(19(22)23)13-7-11(20)3-5-15(13)21-16/h2-9H,1H3,(H,22,23). The minimum atomic E-state index is -1.01. The number of pyridine rings is 1. The number of hydrogen-bond acceptors (Lipinski definition) is 4. The van der Waals surface area contributed by atoms with Gasteiger partial charge < -0.3 is 14.3 Å². The summed E-state index contributed by atoms with van der Waals surface area (Å²) in [6.07, 6.45) is 0. The molecule has 25 heavy (non-hydrogen) atoms. The van der Waals surface area contributed by atoms with Crippen LogP contribution in [0.5, 0.6) is 5.75 Å². The third kappa shape index (κ3) is 2.74. The first-order valence-electron chi connectivity index (χ1n) is 7.47. The van der Waals surface area contributed by atoms with Crippen molar-refractivity contribution in [3.63, 3.8) is 0 Å². The Balaban J connectivity index is 1.94. The van der Waals surface area contributed by atoms with Crippen molar-refractivity contribution < 1.29 is 19.1 Å². The van der Waals surface area contributed by atoms with Crippen molar-refractivity contribution in [1.82, 2.24) is 4.98 Å². The van der Waals surface area contributed by atoms with E-state index in [1.807, 2.05) is 24.3 Å². The summed E-state index contributed by atoms with van der Waals surface area (Å²) in [6, 6.07) is 14.2. The van der Waals surface area contributed by atoms with Gasteiger partial charge in [0.25, 0.3) is 0 Å². The van der Waals surface area contributed by atoms with E-state index in [1.54, 1.807) is 25.3 Å². The number of ether oxygens (including phenoxy) is 1. The van der Waals surface area contributed by atoms with Gasteiger partial charge in [-0.25, -0.2) is 9.78 Å². The van der Waals surface area contributed by atoms with Gasteiger partial charge in [-0.1, -0.05) is 15.9 Å². The van der Waals surface area contributed by atoms with E-state index in [9.17, 15) is 9.90 Å². The molecule has 0 aliphatic rings. The molecule has 0 aliphatic carbocycles. The molecule has 1 N–H and O–H groups in total. The lowest BCUT2D eigenvalue weighted by Crippen LogP contribution is -2.00. The van der Waals surface area contributed by atoms with Crippen LogP contribution in [0.2, 0.25) is 0 Å². The summed E-state index contributed by atoms with van der Waals surface area (Å²) in [5.74, 6) is 0.191. The molecule has 0 saturated heterocycles. The lowest BCUT2D eigenvalue weighted by atomic mass is 10.1. The average molecular weight is 398 g/mol. The van der Waals surface area contributed by atoms with Crippen molar-refractivity contribution in [1.29, 1.82) is 0 Å². The van der Waals surface area contributed by atoms with E-state index in [4.69, 9.17) is 9.15 Å². The van der Waals surface area contributed by atoms with Gasteiger partial charge in [0.05, 0.1) is 18.2 Å². The molecule has 0 saturated carbocycles. The van der Waals surface area contributed by atoms with Crippen molar-refractivity contribution in [2.24, 2.45) is 0 Å². The number of benzene rings is 2. The van der Waals surface area contributed by atoms with E-state index < -0.39 is 5.97 Å². The van der Waals surface area contributed by atoms with Crippen LogP contribution < -0.4 is 4.74 Å². The van der Waals surface area contributed by atoms with Gasteiger partial charge in [0, 0.05) is 21.3 Å². The van der Waals surface area contributed by atoms with Gasteiger partial charge in [0.15, 0.2) is 5.76 Å². The van der Waals surface area contributed by atoms with Crippen LogP contribution in [0.15, 0.2) is 57.4 Å². The predicted molar refractivity (Wildman–Crippen MR) is 98.2 cm³/mol. The van der Waals surface area contributed by atoms with Gasteiger partial charge in [-0.2, -0.15) is 0 Å². The van der Waals surface area contributed by atoms with E-state index >= 15 is 0 Å². The number of methoxy groups -OCH3 is 1. The molecular weight excluding hydrogens is 386 g/mol. The predicted octanol–water partition coefficient (Wildman–Crippen LogP) is 5.12. The third-order valence-electron chi connectivity index (χ3n) is 3.98. The van der Waals surface area contributed by atoms with E-state index in [0.717, 1.165) is 9.86 Å². The number of furan rings is 1. The molecule has 0 unspecified atom stereocenters. The van der Waals surface area contributed by atoms with E-state index in [0.29, 0.717) is 33.7 Å². The van der Waals surface area contributed by atoms with Gasteiger partial charge in [-0.05, 0) is 42.5 Å². The molecule has 2 aromatic heterocycles. The second-order valence-electron chi connectivity index (χ2n) is 5.54. The molecule has 0 aliphatic heterocycles. The van der Waals surface area contributed by atoms with Crippen LogP contribution in [-0.2, 0) is 0 Å². The quantitative estimate of drug-likeness (QED) is 0.519. The Hall–Kier alpha value is -2.86. The molecular formula is C19H12BrNO4. The Labute approximate surface area is 151 Å². The highest BCUT2D eigenvalue weighted by Gasteiger charge is 2.16. The number of nitrogens with zero attached hydrogens (tertiary/aromatic N) is 1. The topological polar surface area (TPSA) is 72.6 Å². The fourth-order valence-corrected chi connectivity index (χ4v) is 3.13. The van der Waals surface area contributed by atoms with E-state index in [2.05, 4.69) is 20.9 Å². The van der Waals surface area contributed by atoms with Crippen LogP contribution in [0.4, 0.5) is 0 Å². The number of hydrogen-bond donors (Lipinski definition) is 1. The molecule has 4 rings (SSSR count). The van der Waals surface area contributed by atoms with Gasteiger partial charge >= 0.3 is 5.97 Å². The Bertz CT molecular complexity index is 1130. The molecule has 0 radical (unpaired) electrons. The monoisotopic (exact) mass is 397 g/mol. The van der Waals surface area contributed by atoms with Crippen LogP contribution in [0.25, 0.3) is 33.3 Å². The SMILES string of the molecule is COc1ccc2cc(-c3cc(C(=O)O)c4cc(Br)ccc4n3)oc2c1. The molecule has 4 aromatic rings. The number of halogens is 1. The number of fused-ring (bicyclic) bond motifs is 2. The fraction of sp³-hybridized carbons (Fsp3) is 0.0526. The summed E-state index contributed by atoms with van der Waals surface area (Å²) in [5, 5.41) is 11.0. The highest BCUT2D eigenvalue weighted by atomic mass is 79.9. The van der Waals surface area contributed by atoms with Crippen LogP contribution in [0.3, 0.4) is 0 Å². The first-order chi connectivity index (χ1) is 12.0. The van der Waals surface area contributed by atoms with Crippen LogP contribution in [0, 0.1) is 0 Å². The average Bonchev–Trinajstić information content (AvgIpc) is 3.03. The number of carboxylic acid groups (broad SMARTS) is 1. The highest BCUT2D eigenvalue weighted by molar-refractivity contribution is 9.10. The molecule has 2 heterocycles. The lowest BCUT2D eigenvalue weighted by Gasteiger charge is -2.05. The second-order valence-corrected chi connectivity index (χ2v) is 6.45. The minimum Gasteiger partial charge on any atom is -0.497 e. The van der Waals surface area contributed by atoms with Crippen molar-refractivity contribution >= 4 is 43.8 Å². The number of carboxylic acids is 1. The maximum Gasteiger partial charge on any atom is 0.336 e. The molecule has 5 nitrogen and oxygen atoms in total. The maximum absolute atomic E-state index is 11.7. The Morgan fingerprint density at radius 3 is 2.76 bits per heavy atom. The third-order valence-corrected chi connectivity index (χ3v) is 4.47. The highest BCUT2D eigenvalue weighted by Crippen LogP contribution is 2.32. The molecule has 0 atom stereocenters. The maximum atomic E-state index is 11.7. The summed E-state index contributed by atoms with van der Waals surface area (Å²) in [5.41, 5.74) is 1.90. The van der Waals surface area contributed by atoms with Crippen molar-refractivity contribution in [2.75, 3.05) is 7.11 Å². The second kappa shape index (κ2) is 5.89. The van der Waals surface area contributed by atoms with E-state index in [1.165, 1.54) is 6.07 Å². The van der Waals surface area contributed by atoms with Crippen molar-refractivity contribution in [3.05, 3.63) is 58.6 Å². The number of aromatic nitrogens is 1. The Morgan fingerprint density at radius 1 is 1.16 bits per heavy atom. The smallest absolute Gasteiger partial charge is 0.336 e. The zero-order valence-corrected chi connectivity index (χ0v) is 14.7. The Morgan fingerprint density at radius 2 is 2.00 bits per heavy atom. The van der Waals surface area contributed by atoms with Gasteiger partial charge in [-0.3, -0.25) is 0 Å². The lowest BCUT2D eigenvalue weighted by molar-refractivity contribution is 0.0699. The molecule has 0 bridgehead atoms. The molecule has 6 heteroatoms. The summed E-state index contributed by atoms with van der Waals surface area (Å²) in [7, 11) is 1.59. The zero-order chi connectivity index (χ0) is 17.6. The van der Waals surface area contributed by atoms with Crippen molar-refractivity contribution in [3.8, 4) is 17.2 Å². The number of aromatic carboxylic acids is 1. The number of carbonyl (C=O) groups is 1. The van der Waals surface area contributed by atoms with Crippen LogP contribution in [0.1, 0.15) is 10.4 Å². The number of rotatable bonds is 3. The minimum absolute atomic E-state index is 0.180. The van der Waals surface area contributed by atoms with Gasteiger partial charge in [0.1, 0.15) is 17.0 Å². The van der Waals surface area contributed by atoms with Gasteiger partial charge in [-0.15, -0.1) is 0 Å². The largest absolute Gasteiger partial charge is 0.497 e. The van der Waals surface area contributed by atoms with Gasteiger partial charge in [0.2, 0.25) is 0 Å².